The van der Waals surface area contributed by atoms with Crippen molar-refractivity contribution in [2.75, 3.05) is 0 Å². The van der Waals surface area contributed by atoms with Gasteiger partial charge >= 0.3 is 5.92 Å². The molecule has 0 radical (unpaired) electrons. The van der Waals surface area contributed by atoms with Crippen LogP contribution in [0, 0.1) is 0 Å². The number of fused-ring (bicyclic) bond motifs is 1. The molecular weight excluding hydrogens is 498 g/mol. The summed E-state index contributed by atoms with van der Waals surface area (Å²) in [4.78, 5) is 51.7. The number of benzene rings is 2. The van der Waals surface area contributed by atoms with Crippen molar-refractivity contribution in [2.45, 2.75) is 36.7 Å². The molecule has 2 N–H and O–H groups in total. The minimum atomic E-state index is -3.80. The summed E-state index contributed by atoms with van der Waals surface area (Å²) in [5, 5.41) is 3.85. The van der Waals surface area contributed by atoms with Gasteiger partial charge in [-0.1, -0.05) is 45.7 Å². The number of carbonyl (C=O) groups excluding carboxylic acids is 4. The third-order valence-electron chi connectivity index (χ3n) is 7.37. The Bertz CT molecular complexity index is 1360. The first-order valence-corrected chi connectivity index (χ1v) is 12.3. The van der Waals surface area contributed by atoms with Crippen LogP contribution in [-0.2, 0) is 32.2 Å². The van der Waals surface area contributed by atoms with Crippen LogP contribution in [0.5, 0.6) is 0 Å². The Morgan fingerprint density at radius 3 is 2.27 bits per heavy atom. The van der Waals surface area contributed by atoms with E-state index in [2.05, 4.69) is 10.6 Å². The highest BCUT2D eigenvalue weighted by molar-refractivity contribution is 6.56. The number of rotatable bonds is 5. The number of nitrogens with one attached hydrogen (secondary N) is 2. The molecule has 4 amide bonds. The molecule has 2 aliphatic heterocycles. The number of amides is 4. The van der Waals surface area contributed by atoms with Gasteiger partial charge in [0.2, 0.25) is 11.8 Å². The summed E-state index contributed by atoms with van der Waals surface area (Å²) in [5.74, 6) is -6.45. The Balaban J connectivity index is 1.68. The summed E-state index contributed by atoms with van der Waals surface area (Å²) >= 11 is 5.80. The van der Waals surface area contributed by atoms with Gasteiger partial charge in [0, 0.05) is 34.5 Å². The molecule has 2 aromatic rings. The first-order chi connectivity index (χ1) is 17.2. The van der Waals surface area contributed by atoms with Gasteiger partial charge in [0.25, 0.3) is 11.8 Å². The first-order valence-electron chi connectivity index (χ1n) is 11.9. The third kappa shape index (κ3) is 4.60. The zero-order chi connectivity index (χ0) is 27.4. The maximum absolute atomic E-state index is 15.0. The monoisotopic (exact) mass is 521 g/mol. The summed E-state index contributed by atoms with van der Waals surface area (Å²) < 4.78 is 30.1. The van der Waals surface area contributed by atoms with Crippen molar-refractivity contribution < 1.29 is 28.0 Å². The smallest absolute Gasteiger partial charge is 0.349 e. The van der Waals surface area contributed by atoms with Gasteiger partial charge in [0.15, 0.2) is 0 Å². The van der Waals surface area contributed by atoms with Gasteiger partial charge in [-0.15, -0.1) is 0 Å². The Hall–Kier alpha value is -3.01. The molecular formula is C22H23B5ClF2N3O4. The standard InChI is InChI=1S/C22H23B5ClF2N3O4/c23-15-10-7-33(11-5-6-12(34)31-18(11)35)19(36)13(10)16(24)17(25)14(15)22(26,27)32-20(37)21(29,30)8-1-3-9(28)4-2-8/h1-4,11H,5-7,23-27H2,(H,32,37)(H,31,34,35). The molecule has 7 nitrogen and oxygen atoms in total. The van der Waals surface area contributed by atoms with Gasteiger partial charge in [-0.25, -0.2) is 0 Å². The van der Waals surface area contributed by atoms with Gasteiger partial charge in [-0.2, -0.15) is 8.78 Å². The van der Waals surface area contributed by atoms with E-state index in [0.717, 1.165) is 12.1 Å². The molecule has 0 aliphatic carbocycles. The second-order valence-electron chi connectivity index (χ2n) is 10.2. The number of carbonyl (C=O) groups is 4. The molecule has 2 aliphatic rings. The summed E-state index contributed by atoms with van der Waals surface area (Å²) in [6.07, 6.45) is 0.370. The highest BCUT2D eigenvalue weighted by Gasteiger charge is 2.45. The van der Waals surface area contributed by atoms with Crippen LogP contribution >= 0.6 is 11.6 Å². The van der Waals surface area contributed by atoms with Crippen molar-refractivity contribution in [2.24, 2.45) is 0 Å². The van der Waals surface area contributed by atoms with E-state index in [4.69, 9.17) is 11.6 Å². The molecule has 186 valence electrons. The number of alkyl halides is 2. The van der Waals surface area contributed by atoms with E-state index in [-0.39, 0.29) is 36.2 Å². The van der Waals surface area contributed by atoms with Crippen LogP contribution in [0.1, 0.15) is 39.9 Å². The van der Waals surface area contributed by atoms with E-state index in [1.54, 1.807) is 39.2 Å². The van der Waals surface area contributed by atoms with Crippen LogP contribution in [0.25, 0.3) is 0 Å². The largest absolute Gasteiger partial charge is 0.357 e. The summed E-state index contributed by atoms with van der Waals surface area (Å²) in [5.41, 5.74) is 3.33. The van der Waals surface area contributed by atoms with Gasteiger partial charge < -0.3 is 10.2 Å². The molecule has 0 saturated carbocycles. The average Bonchev–Trinajstić information content (AvgIpc) is 3.15. The van der Waals surface area contributed by atoms with Crippen molar-refractivity contribution in [1.29, 1.82) is 0 Å². The molecule has 15 heteroatoms. The molecule has 4 rings (SSSR count). The number of hydrogen-bond donors (Lipinski definition) is 2. The number of nitrogens with zero attached hydrogens (tertiary/aromatic N) is 1. The number of halogens is 3. The molecule has 1 atom stereocenters. The minimum Gasteiger partial charge on any atom is -0.357 e. The number of imide groups is 1. The van der Waals surface area contributed by atoms with E-state index < -0.39 is 34.7 Å². The first kappa shape index (κ1) is 27.0. The Kier molecular flexibility index (Phi) is 6.86. The molecule has 1 unspecified atom stereocenters. The summed E-state index contributed by atoms with van der Waals surface area (Å²) in [7, 11) is 8.61. The van der Waals surface area contributed by atoms with Crippen LogP contribution in [0.3, 0.4) is 0 Å². The van der Waals surface area contributed by atoms with Crippen molar-refractivity contribution >= 4 is 90.8 Å². The molecule has 0 spiro atoms. The summed E-state index contributed by atoms with van der Waals surface area (Å²) in [6, 6.07) is 4.05. The fourth-order valence-electron chi connectivity index (χ4n) is 5.48. The van der Waals surface area contributed by atoms with E-state index in [1.807, 2.05) is 0 Å². The Morgan fingerprint density at radius 1 is 1.05 bits per heavy atom. The fourth-order valence-corrected chi connectivity index (χ4v) is 5.60. The van der Waals surface area contributed by atoms with Crippen LogP contribution in [0.15, 0.2) is 24.3 Å². The number of hydrogen-bond acceptors (Lipinski definition) is 4. The molecule has 1 fully saturated rings. The van der Waals surface area contributed by atoms with Crippen LogP contribution in [0.2, 0.25) is 5.02 Å². The maximum Gasteiger partial charge on any atom is 0.349 e. The molecule has 0 bridgehead atoms. The summed E-state index contributed by atoms with van der Waals surface area (Å²) in [6.45, 7) is 0.144. The lowest BCUT2D eigenvalue weighted by Gasteiger charge is -2.34. The average molecular weight is 521 g/mol. The zero-order valence-electron chi connectivity index (χ0n) is 21.2. The lowest BCUT2D eigenvalue weighted by atomic mass is 9.51. The molecule has 2 aromatic carbocycles. The van der Waals surface area contributed by atoms with Crippen molar-refractivity contribution in [1.82, 2.24) is 15.5 Å². The minimum absolute atomic E-state index is 0.139. The van der Waals surface area contributed by atoms with E-state index >= 15 is 8.78 Å². The van der Waals surface area contributed by atoms with Gasteiger partial charge in [0.05, 0.1) is 0 Å². The van der Waals surface area contributed by atoms with Gasteiger partial charge in [0.1, 0.15) is 45.3 Å². The van der Waals surface area contributed by atoms with Crippen LogP contribution < -0.4 is 27.0 Å². The second-order valence-corrected chi connectivity index (χ2v) is 10.6. The van der Waals surface area contributed by atoms with E-state index in [0.29, 0.717) is 33.1 Å². The number of piperidine rings is 1. The highest BCUT2D eigenvalue weighted by atomic mass is 35.5. The highest BCUT2D eigenvalue weighted by Crippen LogP contribution is 2.31. The fraction of sp³-hybridized carbons (Fsp3) is 0.273. The molecule has 1 saturated heterocycles. The maximum atomic E-state index is 15.0. The van der Waals surface area contributed by atoms with Crippen molar-refractivity contribution in [3.63, 3.8) is 0 Å². The molecule has 2 heterocycles. The SMILES string of the molecule is Bc1c(B)c(C(B)(B)NC(=O)C(F)(F)c2ccc(Cl)cc2)c(B)c2c1C(=O)N(C1CCC(=O)NC1=O)C2. The van der Waals surface area contributed by atoms with Crippen molar-refractivity contribution in [3.8, 4) is 0 Å². The lowest BCUT2D eigenvalue weighted by molar-refractivity contribution is -0.147. The van der Waals surface area contributed by atoms with Crippen LogP contribution in [-0.4, -0.2) is 73.8 Å². The second kappa shape index (κ2) is 9.38. The van der Waals surface area contributed by atoms with E-state index in [9.17, 15) is 19.2 Å². The topological polar surface area (TPSA) is 95.6 Å². The normalized spacial score (nSPS) is 18.0. The van der Waals surface area contributed by atoms with E-state index in [1.165, 1.54) is 17.0 Å². The predicted molar refractivity (Wildman–Crippen MR) is 149 cm³/mol. The Morgan fingerprint density at radius 2 is 1.68 bits per heavy atom. The van der Waals surface area contributed by atoms with Crippen molar-refractivity contribution in [3.05, 3.63) is 51.5 Å². The molecule has 37 heavy (non-hydrogen) atoms. The lowest BCUT2D eigenvalue weighted by Crippen LogP contribution is -2.58. The Labute approximate surface area is 222 Å². The van der Waals surface area contributed by atoms with Gasteiger partial charge in [-0.3, -0.25) is 24.5 Å². The predicted octanol–water partition coefficient (Wildman–Crippen LogP) is -4.84. The quantitative estimate of drug-likeness (QED) is 0.305. The molecule has 0 aromatic heterocycles. The van der Waals surface area contributed by atoms with Gasteiger partial charge in [-0.05, 0) is 24.1 Å². The third-order valence-corrected chi connectivity index (χ3v) is 7.63. The van der Waals surface area contributed by atoms with Crippen LogP contribution in [0.4, 0.5) is 8.78 Å². The zero-order valence-corrected chi connectivity index (χ0v) is 22.0.